The fraction of sp³-hybridized carbons (Fsp3) is 0.778. The van der Waals surface area contributed by atoms with E-state index in [0.717, 1.165) is 25.9 Å². The molecule has 1 aliphatic heterocycles. The summed E-state index contributed by atoms with van der Waals surface area (Å²) in [6, 6.07) is 2.29. The van der Waals surface area contributed by atoms with Gasteiger partial charge in [-0.3, -0.25) is 0 Å². The van der Waals surface area contributed by atoms with Crippen molar-refractivity contribution in [1.29, 1.82) is 5.26 Å². The summed E-state index contributed by atoms with van der Waals surface area (Å²) in [5.41, 5.74) is 0. The van der Waals surface area contributed by atoms with Gasteiger partial charge in [-0.05, 0) is 12.8 Å². The Morgan fingerprint density at radius 1 is 1.46 bits per heavy atom. The van der Waals surface area contributed by atoms with Crippen molar-refractivity contribution in [3.05, 3.63) is 0 Å². The molecule has 2 amide bonds. The minimum Gasteiger partial charge on any atom is -0.331 e. The third-order valence-corrected chi connectivity index (χ3v) is 2.33. The van der Waals surface area contributed by atoms with Crippen molar-refractivity contribution < 1.29 is 4.79 Å². The van der Waals surface area contributed by atoms with E-state index in [9.17, 15) is 4.79 Å². The van der Waals surface area contributed by atoms with Gasteiger partial charge >= 0.3 is 6.03 Å². The molecule has 0 unspecified atom stereocenters. The SMILES string of the molecule is CN(C)C(=O)N1CCC(C#N)CC1. The minimum absolute atomic E-state index is 0.0522. The summed E-state index contributed by atoms with van der Waals surface area (Å²) in [6.07, 6.45) is 1.63. The third-order valence-electron chi connectivity index (χ3n) is 2.33. The fourth-order valence-corrected chi connectivity index (χ4v) is 1.48. The Balaban J connectivity index is 2.42. The number of piperidine rings is 1. The maximum absolute atomic E-state index is 11.5. The molecular weight excluding hydrogens is 166 g/mol. The van der Waals surface area contributed by atoms with Gasteiger partial charge in [0.15, 0.2) is 0 Å². The smallest absolute Gasteiger partial charge is 0.319 e. The van der Waals surface area contributed by atoms with Gasteiger partial charge in [0, 0.05) is 33.1 Å². The quantitative estimate of drug-likeness (QED) is 0.557. The first kappa shape index (κ1) is 9.85. The molecule has 4 nitrogen and oxygen atoms in total. The fourth-order valence-electron chi connectivity index (χ4n) is 1.48. The van der Waals surface area contributed by atoms with Crippen LogP contribution in [0.3, 0.4) is 0 Å². The minimum atomic E-state index is 0.0522. The number of hydrogen-bond donors (Lipinski definition) is 0. The zero-order valence-electron chi connectivity index (χ0n) is 8.16. The number of nitriles is 1. The highest BCUT2D eigenvalue weighted by molar-refractivity contribution is 5.73. The van der Waals surface area contributed by atoms with E-state index < -0.39 is 0 Å². The average Bonchev–Trinajstić information content (AvgIpc) is 2.17. The molecule has 0 radical (unpaired) electrons. The zero-order chi connectivity index (χ0) is 9.84. The average molecular weight is 181 g/mol. The van der Waals surface area contributed by atoms with Crippen LogP contribution in [-0.2, 0) is 0 Å². The largest absolute Gasteiger partial charge is 0.331 e. The molecule has 0 aromatic heterocycles. The summed E-state index contributed by atoms with van der Waals surface area (Å²) >= 11 is 0. The monoisotopic (exact) mass is 181 g/mol. The van der Waals surface area contributed by atoms with Gasteiger partial charge in [0.2, 0.25) is 0 Å². The first-order valence-electron chi connectivity index (χ1n) is 4.51. The van der Waals surface area contributed by atoms with Gasteiger partial charge in [-0.25, -0.2) is 4.79 Å². The number of amides is 2. The van der Waals surface area contributed by atoms with Gasteiger partial charge in [0.25, 0.3) is 0 Å². The molecule has 13 heavy (non-hydrogen) atoms. The Labute approximate surface area is 78.7 Å². The van der Waals surface area contributed by atoms with Crippen molar-refractivity contribution in [3.8, 4) is 6.07 Å². The molecule has 0 aliphatic carbocycles. The molecule has 1 rings (SSSR count). The zero-order valence-corrected chi connectivity index (χ0v) is 8.16. The summed E-state index contributed by atoms with van der Waals surface area (Å²) in [5, 5.41) is 8.66. The number of rotatable bonds is 0. The van der Waals surface area contributed by atoms with Gasteiger partial charge in [0.1, 0.15) is 0 Å². The lowest BCUT2D eigenvalue weighted by molar-refractivity contribution is 0.154. The highest BCUT2D eigenvalue weighted by Crippen LogP contribution is 2.16. The van der Waals surface area contributed by atoms with E-state index in [1.165, 1.54) is 0 Å². The lowest BCUT2D eigenvalue weighted by Crippen LogP contribution is -2.43. The van der Waals surface area contributed by atoms with Crippen LogP contribution in [0.1, 0.15) is 12.8 Å². The lowest BCUT2D eigenvalue weighted by atomic mass is 9.99. The van der Waals surface area contributed by atoms with E-state index in [1.54, 1.807) is 23.9 Å². The van der Waals surface area contributed by atoms with Crippen molar-refractivity contribution >= 4 is 6.03 Å². The molecule has 0 spiro atoms. The molecule has 4 heteroatoms. The highest BCUT2D eigenvalue weighted by Gasteiger charge is 2.22. The van der Waals surface area contributed by atoms with Crippen LogP contribution in [0.25, 0.3) is 0 Å². The van der Waals surface area contributed by atoms with Gasteiger partial charge in [-0.15, -0.1) is 0 Å². The van der Waals surface area contributed by atoms with Crippen LogP contribution in [-0.4, -0.2) is 43.0 Å². The van der Waals surface area contributed by atoms with Gasteiger partial charge in [-0.2, -0.15) is 5.26 Å². The molecule has 72 valence electrons. The highest BCUT2D eigenvalue weighted by atomic mass is 16.2. The summed E-state index contributed by atoms with van der Waals surface area (Å²) in [6.45, 7) is 1.44. The van der Waals surface area contributed by atoms with Crippen molar-refractivity contribution in [1.82, 2.24) is 9.80 Å². The van der Waals surface area contributed by atoms with Gasteiger partial charge in [0.05, 0.1) is 6.07 Å². The summed E-state index contributed by atoms with van der Waals surface area (Å²) < 4.78 is 0. The second kappa shape index (κ2) is 4.13. The predicted molar refractivity (Wildman–Crippen MR) is 49.0 cm³/mol. The van der Waals surface area contributed by atoms with E-state index in [1.807, 2.05) is 0 Å². The normalized spacial score (nSPS) is 18.1. The van der Waals surface area contributed by atoms with Crippen molar-refractivity contribution in [2.75, 3.05) is 27.2 Å². The number of likely N-dealkylation sites (tertiary alicyclic amines) is 1. The van der Waals surface area contributed by atoms with Crippen LogP contribution in [0.15, 0.2) is 0 Å². The molecule has 0 atom stereocenters. The number of hydrogen-bond acceptors (Lipinski definition) is 2. The Morgan fingerprint density at radius 2 is 2.00 bits per heavy atom. The first-order chi connectivity index (χ1) is 6.15. The van der Waals surface area contributed by atoms with Crippen LogP contribution >= 0.6 is 0 Å². The Bertz CT molecular complexity index is 224. The second-order valence-electron chi connectivity index (χ2n) is 3.57. The number of carbonyl (C=O) groups excluding carboxylic acids is 1. The molecular formula is C9H15N3O. The Morgan fingerprint density at radius 3 is 2.38 bits per heavy atom. The van der Waals surface area contributed by atoms with E-state index in [0.29, 0.717) is 0 Å². The summed E-state index contributed by atoms with van der Waals surface area (Å²) in [5.74, 6) is 0.145. The third kappa shape index (κ3) is 2.35. The molecule has 0 aromatic rings. The Kier molecular flexibility index (Phi) is 3.13. The van der Waals surface area contributed by atoms with Gasteiger partial charge in [-0.1, -0.05) is 0 Å². The van der Waals surface area contributed by atoms with Crippen molar-refractivity contribution in [2.24, 2.45) is 5.92 Å². The molecule has 1 saturated heterocycles. The first-order valence-corrected chi connectivity index (χ1v) is 4.51. The van der Waals surface area contributed by atoms with E-state index in [2.05, 4.69) is 6.07 Å². The summed E-state index contributed by atoms with van der Waals surface area (Å²) in [7, 11) is 3.50. The molecule has 0 aromatic carbocycles. The number of urea groups is 1. The van der Waals surface area contributed by atoms with Crippen LogP contribution in [0.4, 0.5) is 4.79 Å². The number of nitrogens with zero attached hydrogens (tertiary/aromatic N) is 3. The lowest BCUT2D eigenvalue weighted by Gasteiger charge is -2.31. The molecule has 0 bridgehead atoms. The van der Waals surface area contributed by atoms with Crippen molar-refractivity contribution in [2.45, 2.75) is 12.8 Å². The van der Waals surface area contributed by atoms with Crippen LogP contribution in [0.2, 0.25) is 0 Å². The van der Waals surface area contributed by atoms with E-state index in [-0.39, 0.29) is 11.9 Å². The maximum Gasteiger partial charge on any atom is 0.319 e. The molecule has 1 heterocycles. The van der Waals surface area contributed by atoms with Crippen LogP contribution in [0, 0.1) is 17.2 Å². The van der Waals surface area contributed by atoms with Crippen LogP contribution < -0.4 is 0 Å². The maximum atomic E-state index is 11.5. The molecule has 1 aliphatic rings. The molecule has 0 saturated carbocycles. The topological polar surface area (TPSA) is 47.3 Å². The standard InChI is InChI=1S/C9H15N3O/c1-11(2)9(13)12-5-3-8(7-10)4-6-12/h8H,3-6H2,1-2H3. The molecule has 1 fully saturated rings. The Hall–Kier alpha value is -1.24. The van der Waals surface area contributed by atoms with E-state index in [4.69, 9.17) is 5.26 Å². The van der Waals surface area contributed by atoms with E-state index >= 15 is 0 Å². The summed E-state index contributed by atoms with van der Waals surface area (Å²) in [4.78, 5) is 14.8. The predicted octanol–water partition coefficient (Wildman–Crippen LogP) is 0.904. The van der Waals surface area contributed by atoms with Crippen LogP contribution in [0.5, 0.6) is 0 Å². The van der Waals surface area contributed by atoms with Crippen molar-refractivity contribution in [3.63, 3.8) is 0 Å². The van der Waals surface area contributed by atoms with Gasteiger partial charge < -0.3 is 9.80 Å². The number of carbonyl (C=O) groups is 1. The molecule has 0 N–H and O–H groups in total. The second-order valence-corrected chi connectivity index (χ2v) is 3.57.